The summed E-state index contributed by atoms with van der Waals surface area (Å²) >= 11 is 6.00. The lowest BCUT2D eigenvalue weighted by atomic mass is 10.3. The van der Waals surface area contributed by atoms with E-state index in [0.29, 0.717) is 23.0 Å². The number of rotatable bonds is 4. The molecule has 90 valence electrons. The van der Waals surface area contributed by atoms with Crippen LogP contribution in [0.25, 0.3) is 0 Å². The summed E-state index contributed by atoms with van der Waals surface area (Å²) in [4.78, 5) is 11.8. The first kappa shape index (κ1) is 13.0. The summed E-state index contributed by atoms with van der Waals surface area (Å²) in [5.74, 6) is -0.312. The molecule has 1 atom stereocenters. The number of aliphatic hydroxyl groups excluding tert-OH is 1. The molecule has 1 unspecified atom stereocenters. The molecule has 0 aliphatic heterocycles. The van der Waals surface area contributed by atoms with E-state index in [1.807, 2.05) is 6.92 Å². The summed E-state index contributed by atoms with van der Waals surface area (Å²) in [5, 5.41) is 16.2. The quantitative estimate of drug-likeness (QED) is 0.831. The van der Waals surface area contributed by atoms with Crippen LogP contribution in [0.15, 0.2) is 0 Å². The summed E-state index contributed by atoms with van der Waals surface area (Å²) in [6, 6.07) is 0. The second-order valence-corrected chi connectivity index (χ2v) is 4.00. The molecule has 1 aromatic heterocycles. The molecule has 1 amide bonds. The smallest absolute Gasteiger partial charge is 0.271 e. The van der Waals surface area contributed by atoms with E-state index in [1.165, 1.54) is 0 Å². The number of carbonyl (C=O) groups is 1. The van der Waals surface area contributed by atoms with Gasteiger partial charge in [0.2, 0.25) is 0 Å². The van der Waals surface area contributed by atoms with Crippen molar-refractivity contribution >= 4 is 17.5 Å². The minimum atomic E-state index is -0.582. The van der Waals surface area contributed by atoms with Crippen molar-refractivity contribution < 1.29 is 9.90 Å². The van der Waals surface area contributed by atoms with Gasteiger partial charge < -0.3 is 10.4 Å². The summed E-state index contributed by atoms with van der Waals surface area (Å²) < 4.78 is 1.55. The molecule has 0 radical (unpaired) electrons. The maximum absolute atomic E-state index is 11.8. The molecule has 0 aliphatic rings. The molecule has 1 rings (SSSR count). The van der Waals surface area contributed by atoms with E-state index in [2.05, 4.69) is 10.4 Å². The number of nitrogens with one attached hydrogen (secondary N) is 1. The second-order valence-electron chi connectivity index (χ2n) is 3.62. The van der Waals surface area contributed by atoms with Crippen LogP contribution in [-0.4, -0.2) is 33.4 Å². The van der Waals surface area contributed by atoms with Gasteiger partial charge in [-0.1, -0.05) is 11.6 Å². The van der Waals surface area contributed by atoms with Crippen LogP contribution >= 0.6 is 11.6 Å². The molecule has 6 heteroatoms. The lowest BCUT2D eigenvalue weighted by Gasteiger charge is -2.08. The van der Waals surface area contributed by atoms with Gasteiger partial charge >= 0.3 is 0 Å². The van der Waals surface area contributed by atoms with Gasteiger partial charge in [0.25, 0.3) is 5.91 Å². The molecule has 0 saturated heterocycles. The molecule has 0 aromatic carbocycles. The van der Waals surface area contributed by atoms with Crippen LogP contribution < -0.4 is 5.32 Å². The van der Waals surface area contributed by atoms with Gasteiger partial charge in [-0.05, 0) is 20.8 Å². The number of hydrogen-bond acceptors (Lipinski definition) is 3. The highest BCUT2D eigenvalue weighted by molar-refractivity contribution is 6.34. The van der Waals surface area contributed by atoms with Crippen LogP contribution in [0.3, 0.4) is 0 Å². The van der Waals surface area contributed by atoms with E-state index >= 15 is 0 Å². The van der Waals surface area contributed by atoms with Gasteiger partial charge in [0.05, 0.1) is 16.8 Å². The fourth-order valence-electron chi connectivity index (χ4n) is 1.33. The topological polar surface area (TPSA) is 67.2 Å². The number of nitrogens with zero attached hydrogens (tertiary/aromatic N) is 2. The van der Waals surface area contributed by atoms with Crippen molar-refractivity contribution in [1.82, 2.24) is 15.1 Å². The van der Waals surface area contributed by atoms with Gasteiger partial charge in [-0.25, -0.2) is 0 Å². The van der Waals surface area contributed by atoms with E-state index < -0.39 is 6.10 Å². The lowest BCUT2D eigenvalue weighted by Crippen LogP contribution is -2.32. The van der Waals surface area contributed by atoms with Gasteiger partial charge in [0, 0.05) is 13.1 Å². The molecule has 1 heterocycles. The molecule has 1 aromatic rings. The maximum Gasteiger partial charge on any atom is 0.271 e. The normalized spacial score (nSPS) is 12.6. The first-order chi connectivity index (χ1) is 7.47. The van der Waals surface area contributed by atoms with E-state index in [0.717, 1.165) is 0 Å². The number of amides is 1. The van der Waals surface area contributed by atoms with E-state index in [9.17, 15) is 4.79 Å². The van der Waals surface area contributed by atoms with Crippen molar-refractivity contribution in [2.45, 2.75) is 33.4 Å². The molecule has 0 fully saturated rings. The molecule has 0 spiro atoms. The first-order valence-electron chi connectivity index (χ1n) is 5.16. The number of hydrogen-bond donors (Lipinski definition) is 2. The Morgan fingerprint density at radius 1 is 1.69 bits per heavy atom. The average molecular weight is 246 g/mol. The maximum atomic E-state index is 11.8. The highest BCUT2D eigenvalue weighted by Crippen LogP contribution is 2.19. The molecule has 5 nitrogen and oxygen atoms in total. The van der Waals surface area contributed by atoms with Crippen LogP contribution in [0.1, 0.15) is 30.0 Å². The van der Waals surface area contributed by atoms with Gasteiger partial charge in [-0.3, -0.25) is 9.48 Å². The number of carbonyl (C=O) groups excluding carboxylic acids is 1. The molecular formula is C10H16ClN3O2. The first-order valence-corrected chi connectivity index (χ1v) is 5.54. The lowest BCUT2D eigenvalue weighted by molar-refractivity contribution is 0.0913. The third-order valence-electron chi connectivity index (χ3n) is 2.13. The third-order valence-corrected chi connectivity index (χ3v) is 2.58. The predicted octanol–water partition coefficient (Wildman–Crippen LogP) is 0.975. The summed E-state index contributed by atoms with van der Waals surface area (Å²) in [6.07, 6.45) is -0.582. The Morgan fingerprint density at radius 3 is 2.81 bits per heavy atom. The van der Waals surface area contributed by atoms with Crippen LogP contribution in [0.2, 0.25) is 5.02 Å². The third kappa shape index (κ3) is 2.74. The Morgan fingerprint density at radius 2 is 2.31 bits per heavy atom. The number of aliphatic hydroxyl groups is 1. The zero-order valence-electron chi connectivity index (χ0n) is 9.62. The summed E-state index contributed by atoms with van der Waals surface area (Å²) in [7, 11) is 0. The Balaban J connectivity index is 2.89. The van der Waals surface area contributed by atoms with E-state index in [1.54, 1.807) is 18.5 Å². The standard InChI is InChI=1S/C10H16ClN3O2/c1-4-14-9(8(11)7(3)13-14)10(16)12-5-6(2)15/h6,15H,4-5H2,1-3H3,(H,12,16). The minimum absolute atomic E-state index is 0.198. The van der Waals surface area contributed by atoms with E-state index in [-0.39, 0.29) is 12.5 Å². The van der Waals surface area contributed by atoms with Crippen molar-refractivity contribution in [3.05, 3.63) is 16.4 Å². The zero-order valence-corrected chi connectivity index (χ0v) is 10.4. The number of aromatic nitrogens is 2. The van der Waals surface area contributed by atoms with Crippen LogP contribution in [-0.2, 0) is 6.54 Å². The van der Waals surface area contributed by atoms with Crippen molar-refractivity contribution in [1.29, 1.82) is 0 Å². The Bertz CT molecular complexity index is 388. The molecule has 0 aliphatic carbocycles. The van der Waals surface area contributed by atoms with Crippen LogP contribution in [0.5, 0.6) is 0 Å². The van der Waals surface area contributed by atoms with Gasteiger partial charge in [0.15, 0.2) is 0 Å². The monoisotopic (exact) mass is 245 g/mol. The summed E-state index contributed by atoms with van der Waals surface area (Å²) in [5.41, 5.74) is 0.980. The highest BCUT2D eigenvalue weighted by atomic mass is 35.5. The van der Waals surface area contributed by atoms with Crippen LogP contribution in [0.4, 0.5) is 0 Å². The molecule has 2 N–H and O–H groups in total. The molecule has 0 saturated carbocycles. The van der Waals surface area contributed by atoms with Crippen molar-refractivity contribution in [3.63, 3.8) is 0 Å². The SMILES string of the molecule is CCn1nc(C)c(Cl)c1C(=O)NCC(C)O. The van der Waals surface area contributed by atoms with Gasteiger partial charge in [0.1, 0.15) is 5.69 Å². The largest absolute Gasteiger partial charge is 0.392 e. The van der Waals surface area contributed by atoms with Gasteiger partial charge in [-0.15, -0.1) is 0 Å². The Hall–Kier alpha value is -1.07. The zero-order chi connectivity index (χ0) is 12.3. The Kier molecular flexibility index (Phi) is 4.32. The van der Waals surface area contributed by atoms with Crippen LogP contribution in [0, 0.1) is 6.92 Å². The second kappa shape index (κ2) is 5.32. The molecular weight excluding hydrogens is 230 g/mol. The van der Waals surface area contributed by atoms with Crippen molar-refractivity contribution in [2.75, 3.05) is 6.54 Å². The van der Waals surface area contributed by atoms with Crippen molar-refractivity contribution in [3.8, 4) is 0 Å². The molecule has 16 heavy (non-hydrogen) atoms. The van der Waals surface area contributed by atoms with Gasteiger partial charge in [-0.2, -0.15) is 5.10 Å². The predicted molar refractivity (Wildman–Crippen MR) is 61.7 cm³/mol. The number of aryl methyl sites for hydroxylation is 2. The summed E-state index contributed by atoms with van der Waals surface area (Å²) in [6.45, 7) is 6.01. The van der Waals surface area contributed by atoms with E-state index in [4.69, 9.17) is 16.7 Å². The number of halogens is 1. The molecule has 0 bridgehead atoms. The highest BCUT2D eigenvalue weighted by Gasteiger charge is 2.19. The average Bonchev–Trinajstić information content (AvgIpc) is 2.51. The fourth-order valence-corrected chi connectivity index (χ4v) is 1.55. The Labute approximate surface area is 99.4 Å². The van der Waals surface area contributed by atoms with Crippen molar-refractivity contribution in [2.24, 2.45) is 0 Å². The minimum Gasteiger partial charge on any atom is -0.392 e. The fraction of sp³-hybridized carbons (Fsp3) is 0.600.